The van der Waals surface area contributed by atoms with E-state index < -0.39 is 0 Å². The fourth-order valence-corrected chi connectivity index (χ4v) is 2.72. The lowest BCUT2D eigenvalue weighted by molar-refractivity contribution is 0.0963. The molecular weight excluding hydrogens is 276 g/mol. The van der Waals surface area contributed by atoms with Gasteiger partial charge in [0.25, 0.3) is 5.91 Å². The van der Waals surface area contributed by atoms with Crippen LogP contribution in [0.15, 0.2) is 29.3 Å². The van der Waals surface area contributed by atoms with E-state index in [0.29, 0.717) is 17.5 Å². The third-order valence-corrected chi connectivity index (χ3v) is 4.08. The van der Waals surface area contributed by atoms with Crippen molar-refractivity contribution in [2.45, 2.75) is 26.8 Å². The standard InChI is InChI=1S/C17H26N4O/c1-17(2)9-10-21(12-17)16(19-4)20-11-13-5-7-14(8-6-13)15(22)18-3/h5-8H,9-12H2,1-4H3,(H,18,22)(H,19,20). The van der Waals surface area contributed by atoms with E-state index in [4.69, 9.17) is 0 Å². The zero-order valence-electron chi connectivity index (χ0n) is 13.9. The van der Waals surface area contributed by atoms with Gasteiger partial charge in [-0.15, -0.1) is 0 Å². The Morgan fingerprint density at radius 1 is 1.32 bits per heavy atom. The Kier molecular flexibility index (Phi) is 5.06. The largest absolute Gasteiger partial charge is 0.355 e. The monoisotopic (exact) mass is 302 g/mol. The molecule has 1 aromatic rings. The van der Waals surface area contributed by atoms with Crippen molar-refractivity contribution in [3.63, 3.8) is 0 Å². The van der Waals surface area contributed by atoms with Gasteiger partial charge in [0.15, 0.2) is 5.96 Å². The quantitative estimate of drug-likeness (QED) is 0.662. The molecule has 0 unspecified atom stereocenters. The van der Waals surface area contributed by atoms with E-state index in [2.05, 4.69) is 34.4 Å². The molecule has 1 saturated heterocycles. The van der Waals surface area contributed by atoms with Crippen LogP contribution in [0.1, 0.15) is 36.2 Å². The molecule has 1 amide bonds. The van der Waals surface area contributed by atoms with Crippen molar-refractivity contribution in [1.82, 2.24) is 15.5 Å². The summed E-state index contributed by atoms with van der Waals surface area (Å²) in [5.41, 5.74) is 2.16. The highest BCUT2D eigenvalue weighted by atomic mass is 16.1. The average molecular weight is 302 g/mol. The van der Waals surface area contributed by atoms with Gasteiger partial charge in [-0.3, -0.25) is 9.79 Å². The van der Waals surface area contributed by atoms with E-state index in [1.807, 2.05) is 31.3 Å². The summed E-state index contributed by atoms with van der Waals surface area (Å²) >= 11 is 0. The van der Waals surface area contributed by atoms with Crippen LogP contribution in [-0.4, -0.2) is 44.0 Å². The predicted octanol–water partition coefficient (Wildman–Crippen LogP) is 1.85. The number of likely N-dealkylation sites (tertiary alicyclic amines) is 1. The average Bonchev–Trinajstić information content (AvgIpc) is 2.88. The first kappa shape index (κ1) is 16.3. The predicted molar refractivity (Wildman–Crippen MR) is 90.0 cm³/mol. The highest BCUT2D eigenvalue weighted by Gasteiger charge is 2.30. The maximum absolute atomic E-state index is 11.5. The Balaban J connectivity index is 1.93. The Morgan fingerprint density at radius 2 is 2.00 bits per heavy atom. The summed E-state index contributed by atoms with van der Waals surface area (Å²) in [5.74, 6) is 0.885. The van der Waals surface area contributed by atoms with Crippen molar-refractivity contribution < 1.29 is 4.79 Å². The number of carbonyl (C=O) groups is 1. The maximum atomic E-state index is 11.5. The molecule has 1 aliphatic heterocycles. The van der Waals surface area contributed by atoms with Crippen molar-refractivity contribution in [2.75, 3.05) is 27.2 Å². The Bertz CT molecular complexity index is 548. The van der Waals surface area contributed by atoms with Crippen molar-refractivity contribution >= 4 is 11.9 Å². The Labute approximate surface area is 132 Å². The fraction of sp³-hybridized carbons (Fsp3) is 0.529. The lowest BCUT2D eigenvalue weighted by Crippen LogP contribution is -2.40. The molecule has 1 aliphatic rings. The molecule has 0 radical (unpaired) electrons. The number of benzene rings is 1. The molecule has 1 aromatic carbocycles. The summed E-state index contributed by atoms with van der Waals surface area (Å²) in [7, 11) is 3.46. The molecule has 0 saturated carbocycles. The summed E-state index contributed by atoms with van der Waals surface area (Å²) in [6.07, 6.45) is 1.19. The van der Waals surface area contributed by atoms with E-state index in [0.717, 1.165) is 24.6 Å². The molecule has 0 bridgehead atoms. The fourth-order valence-electron chi connectivity index (χ4n) is 2.72. The molecule has 2 N–H and O–H groups in total. The number of hydrogen-bond donors (Lipinski definition) is 2. The first-order valence-electron chi connectivity index (χ1n) is 7.72. The van der Waals surface area contributed by atoms with Gasteiger partial charge in [0.05, 0.1) is 0 Å². The van der Waals surface area contributed by atoms with Gasteiger partial charge in [-0.1, -0.05) is 26.0 Å². The van der Waals surface area contributed by atoms with Gasteiger partial charge in [-0.05, 0) is 29.5 Å². The minimum atomic E-state index is -0.0605. The summed E-state index contributed by atoms with van der Waals surface area (Å²) in [6.45, 7) is 7.36. The third-order valence-electron chi connectivity index (χ3n) is 4.08. The van der Waals surface area contributed by atoms with Crippen LogP contribution in [-0.2, 0) is 6.54 Å². The lowest BCUT2D eigenvalue weighted by Gasteiger charge is -2.23. The summed E-state index contributed by atoms with van der Waals surface area (Å²) in [4.78, 5) is 18.2. The molecule has 0 aliphatic carbocycles. The van der Waals surface area contributed by atoms with E-state index in [-0.39, 0.29) is 5.91 Å². The Morgan fingerprint density at radius 3 is 2.50 bits per heavy atom. The molecular formula is C17H26N4O. The second-order valence-corrected chi connectivity index (χ2v) is 6.51. The van der Waals surface area contributed by atoms with Crippen LogP contribution in [0.3, 0.4) is 0 Å². The third kappa shape index (κ3) is 4.00. The highest BCUT2D eigenvalue weighted by Crippen LogP contribution is 2.28. The molecule has 2 rings (SSSR count). The first-order chi connectivity index (χ1) is 10.4. The summed E-state index contributed by atoms with van der Waals surface area (Å²) in [6, 6.07) is 7.63. The molecule has 0 spiro atoms. The highest BCUT2D eigenvalue weighted by molar-refractivity contribution is 5.93. The number of carbonyl (C=O) groups excluding carboxylic acids is 1. The van der Waals surface area contributed by atoms with Crippen molar-refractivity contribution in [2.24, 2.45) is 10.4 Å². The molecule has 1 fully saturated rings. The minimum absolute atomic E-state index is 0.0605. The molecule has 120 valence electrons. The molecule has 22 heavy (non-hydrogen) atoms. The molecule has 0 aromatic heterocycles. The van der Waals surface area contributed by atoms with E-state index in [1.54, 1.807) is 7.05 Å². The molecule has 5 heteroatoms. The number of hydrogen-bond acceptors (Lipinski definition) is 2. The van der Waals surface area contributed by atoms with Gasteiger partial charge < -0.3 is 15.5 Å². The number of aliphatic imine (C=N–C) groups is 1. The zero-order chi connectivity index (χ0) is 16.2. The number of rotatable bonds is 3. The number of nitrogens with zero attached hydrogens (tertiary/aromatic N) is 2. The molecule has 1 heterocycles. The van der Waals surface area contributed by atoms with Crippen molar-refractivity contribution in [3.8, 4) is 0 Å². The number of amides is 1. The molecule has 5 nitrogen and oxygen atoms in total. The van der Waals surface area contributed by atoms with Crippen LogP contribution < -0.4 is 10.6 Å². The normalized spacial score (nSPS) is 17.5. The van der Waals surface area contributed by atoms with Gasteiger partial charge in [0.2, 0.25) is 0 Å². The van der Waals surface area contributed by atoms with Crippen molar-refractivity contribution in [1.29, 1.82) is 0 Å². The minimum Gasteiger partial charge on any atom is -0.355 e. The van der Waals surface area contributed by atoms with E-state index in [1.165, 1.54) is 6.42 Å². The smallest absolute Gasteiger partial charge is 0.251 e. The van der Waals surface area contributed by atoms with Gasteiger partial charge in [0, 0.05) is 39.3 Å². The first-order valence-corrected chi connectivity index (χ1v) is 7.72. The second kappa shape index (κ2) is 6.81. The van der Waals surface area contributed by atoms with Crippen LogP contribution >= 0.6 is 0 Å². The van der Waals surface area contributed by atoms with Crippen LogP contribution in [0.25, 0.3) is 0 Å². The van der Waals surface area contributed by atoms with E-state index in [9.17, 15) is 4.79 Å². The SMILES string of the molecule is CN=C(NCc1ccc(C(=O)NC)cc1)N1CCC(C)(C)C1. The lowest BCUT2D eigenvalue weighted by atomic mass is 9.93. The van der Waals surface area contributed by atoms with Crippen LogP contribution in [0, 0.1) is 5.41 Å². The van der Waals surface area contributed by atoms with Crippen LogP contribution in [0.5, 0.6) is 0 Å². The zero-order valence-corrected chi connectivity index (χ0v) is 13.9. The van der Waals surface area contributed by atoms with E-state index >= 15 is 0 Å². The van der Waals surface area contributed by atoms with Crippen molar-refractivity contribution in [3.05, 3.63) is 35.4 Å². The van der Waals surface area contributed by atoms with Gasteiger partial charge >= 0.3 is 0 Å². The van der Waals surface area contributed by atoms with Crippen LogP contribution in [0.2, 0.25) is 0 Å². The van der Waals surface area contributed by atoms with Gasteiger partial charge in [-0.2, -0.15) is 0 Å². The number of nitrogens with one attached hydrogen (secondary N) is 2. The number of guanidine groups is 1. The Hall–Kier alpha value is -2.04. The summed E-state index contributed by atoms with van der Waals surface area (Å²) in [5, 5.41) is 6.03. The second-order valence-electron chi connectivity index (χ2n) is 6.51. The van der Waals surface area contributed by atoms with Gasteiger partial charge in [-0.25, -0.2) is 0 Å². The van der Waals surface area contributed by atoms with Crippen LogP contribution in [0.4, 0.5) is 0 Å². The topological polar surface area (TPSA) is 56.7 Å². The molecule has 0 atom stereocenters. The summed E-state index contributed by atoms with van der Waals surface area (Å²) < 4.78 is 0. The van der Waals surface area contributed by atoms with Gasteiger partial charge in [0.1, 0.15) is 0 Å². The maximum Gasteiger partial charge on any atom is 0.251 e.